The van der Waals surface area contributed by atoms with Crippen molar-refractivity contribution < 1.29 is 4.79 Å². The molecule has 0 radical (unpaired) electrons. The topological polar surface area (TPSA) is 77.8 Å². The Morgan fingerprint density at radius 1 is 1.19 bits per heavy atom. The number of anilines is 2. The van der Waals surface area contributed by atoms with E-state index in [1.165, 1.54) is 11.9 Å². The molecule has 1 atom stereocenters. The van der Waals surface area contributed by atoms with Crippen LogP contribution in [0.2, 0.25) is 5.02 Å². The number of piperidine rings is 1. The van der Waals surface area contributed by atoms with Gasteiger partial charge in [0.2, 0.25) is 0 Å². The maximum absolute atomic E-state index is 13.7. The van der Waals surface area contributed by atoms with E-state index in [0.29, 0.717) is 23.2 Å². The van der Waals surface area contributed by atoms with Crippen molar-refractivity contribution >= 4 is 46.6 Å². The third-order valence-corrected chi connectivity index (χ3v) is 7.40. The quantitative estimate of drug-likeness (QED) is 0.426. The second-order valence-corrected chi connectivity index (χ2v) is 10.1. The lowest BCUT2D eigenvalue weighted by Gasteiger charge is -2.40. The van der Waals surface area contributed by atoms with Gasteiger partial charge in [-0.3, -0.25) is 4.79 Å². The molecule has 2 N–H and O–H groups in total. The minimum Gasteiger partial charge on any atom is -0.353 e. The number of likely N-dealkylation sites (N-methyl/N-ethyl adjacent to an activating group) is 1. The number of halogens is 1. The van der Waals surface area contributed by atoms with Gasteiger partial charge < -0.3 is 19.8 Å². The van der Waals surface area contributed by atoms with Crippen LogP contribution < -0.4 is 14.9 Å². The normalized spacial score (nSPS) is 18.0. The molecule has 8 nitrogen and oxygen atoms in total. The molecular weight excluding hydrogens is 494 g/mol. The Morgan fingerprint density at radius 2 is 1.97 bits per heavy atom. The van der Waals surface area contributed by atoms with Crippen LogP contribution in [-0.4, -0.2) is 64.4 Å². The zero-order valence-corrected chi connectivity index (χ0v) is 23.3. The van der Waals surface area contributed by atoms with E-state index < -0.39 is 0 Å². The molecule has 0 aliphatic carbocycles. The molecule has 2 aromatic heterocycles. The van der Waals surface area contributed by atoms with Crippen LogP contribution >= 0.6 is 23.5 Å². The first-order valence-electron chi connectivity index (χ1n) is 12.7. The molecule has 36 heavy (non-hydrogen) atoms. The predicted octanol–water partition coefficient (Wildman–Crippen LogP) is 5.18. The van der Waals surface area contributed by atoms with Crippen molar-refractivity contribution in [1.82, 2.24) is 24.8 Å². The van der Waals surface area contributed by atoms with Gasteiger partial charge in [-0.15, -0.1) is 0 Å². The maximum Gasteiger partial charge on any atom is 0.256 e. The second kappa shape index (κ2) is 11.7. The molecule has 2 aliphatic heterocycles. The standard InChI is InChI=1S/C24H30ClN7OS.C2H6/c1-15-12-32-22(27-23(15)30-13-17(14-30)26-2)11-20(28-32)21-6-4-5-9-31(21)24(33)18-10-16(25)7-8-19(18)29-34-3;1-2/h7-8,10-12,17,21,26,29H,4-6,9,13-14H2,1-3H3;1-2H3. The Balaban J connectivity index is 0.00000148. The summed E-state index contributed by atoms with van der Waals surface area (Å²) in [5.41, 5.74) is 4.16. The van der Waals surface area contributed by atoms with Crippen LogP contribution in [-0.2, 0) is 0 Å². The van der Waals surface area contributed by atoms with Gasteiger partial charge >= 0.3 is 0 Å². The van der Waals surface area contributed by atoms with Crippen molar-refractivity contribution in [3.63, 3.8) is 0 Å². The lowest BCUT2D eigenvalue weighted by Crippen LogP contribution is -2.57. The molecule has 0 spiro atoms. The zero-order valence-electron chi connectivity index (χ0n) is 21.7. The Kier molecular flexibility index (Phi) is 8.64. The van der Waals surface area contributed by atoms with Crippen LogP contribution in [0, 0.1) is 6.92 Å². The van der Waals surface area contributed by atoms with Gasteiger partial charge in [0.1, 0.15) is 5.82 Å². The van der Waals surface area contributed by atoms with E-state index in [1.54, 1.807) is 12.1 Å². The highest BCUT2D eigenvalue weighted by molar-refractivity contribution is 7.99. The number of carbonyl (C=O) groups is 1. The number of fused-ring (bicyclic) bond motifs is 1. The monoisotopic (exact) mass is 529 g/mol. The molecule has 2 saturated heterocycles. The minimum absolute atomic E-state index is 0.0238. The molecule has 0 saturated carbocycles. The predicted molar refractivity (Wildman–Crippen MR) is 150 cm³/mol. The fourth-order valence-corrected chi connectivity index (χ4v) is 5.44. The number of aromatic nitrogens is 3. The highest BCUT2D eigenvalue weighted by Gasteiger charge is 2.32. The number of benzene rings is 1. The lowest BCUT2D eigenvalue weighted by atomic mass is 9.98. The van der Waals surface area contributed by atoms with Crippen molar-refractivity contribution in [2.24, 2.45) is 0 Å². The largest absolute Gasteiger partial charge is 0.353 e. The molecule has 5 rings (SSSR count). The van der Waals surface area contributed by atoms with Gasteiger partial charge in [-0.2, -0.15) is 5.10 Å². The summed E-state index contributed by atoms with van der Waals surface area (Å²) < 4.78 is 5.06. The molecule has 1 amide bonds. The number of rotatable bonds is 6. The van der Waals surface area contributed by atoms with Crippen LogP contribution in [0.15, 0.2) is 30.5 Å². The molecule has 194 valence electrons. The van der Waals surface area contributed by atoms with Crippen molar-refractivity contribution in [3.05, 3.63) is 52.3 Å². The second-order valence-electron chi connectivity index (χ2n) is 9.02. The molecule has 2 fully saturated rings. The fraction of sp³-hybridized carbons (Fsp3) is 0.500. The third kappa shape index (κ3) is 5.28. The summed E-state index contributed by atoms with van der Waals surface area (Å²) in [4.78, 5) is 22.9. The van der Waals surface area contributed by atoms with E-state index in [9.17, 15) is 4.79 Å². The van der Waals surface area contributed by atoms with E-state index in [1.807, 2.05) is 54.9 Å². The first-order chi connectivity index (χ1) is 17.5. The summed E-state index contributed by atoms with van der Waals surface area (Å²) in [5, 5.41) is 8.72. The molecule has 10 heteroatoms. The Bertz CT molecular complexity index is 1210. The van der Waals surface area contributed by atoms with E-state index in [-0.39, 0.29) is 11.9 Å². The molecule has 1 unspecified atom stereocenters. The number of nitrogens with one attached hydrogen (secondary N) is 2. The number of hydrogen-bond acceptors (Lipinski definition) is 7. The molecule has 3 aromatic rings. The van der Waals surface area contributed by atoms with Gasteiger partial charge in [-0.1, -0.05) is 37.4 Å². The van der Waals surface area contributed by atoms with E-state index >= 15 is 0 Å². The Labute approximate surface area is 222 Å². The van der Waals surface area contributed by atoms with Gasteiger partial charge in [0.25, 0.3) is 5.91 Å². The van der Waals surface area contributed by atoms with Crippen molar-refractivity contribution in [2.45, 2.75) is 52.1 Å². The summed E-state index contributed by atoms with van der Waals surface area (Å²) in [6.07, 6.45) is 6.89. The van der Waals surface area contributed by atoms with Crippen molar-refractivity contribution in [2.75, 3.05) is 42.6 Å². The summed E-state index contributed by atoms with van der Waals surface area (Å²) in [5.74, 6) is 0.984. The number of aryl methyl sites for hydroxylation is 1. The number of carbonyl (C=O) groups excluding carboxylic acids is 1. The molecular formula is C26H36ClN7OS. The van der Waals surface area contributed by atoms with Gasteiger partial charge in [-0.05, 0) is 51.4 Å². The molecule has 1 aromatic carbocycles. The molecule has 2 aliphatic rings. The van der Waals surface area contributed by atoms with Crippen LogP contribution in [0.3, 0.4) is 0 Å². The summed E-state index contributed by atoms with van der Waals surface area (Å²) >= 11 is 7.72. The lowest BCUT2D eigenvalue weighted by molar-refractivity contribution is 0.0607. The average molecular weight is 530 g/mol. The highest BCUT2D eigenvalue weighted by atomic mass is 35.5. The number of nitrogens with zero attached hydrogens (tertiary/aromatic N) is 5. The SMILES string of the molecule is CC.CNC1CN(c2nc3cc(C4CCCCN4C(=O)c4cc(Cl)ccc4NSC)nn3cc2C)C1. The number of hydrogen-bond donors (Lipinski definition) is 2. The fourth-order valence-electron chi connectivity index (χ4n) is 4.87. The Hall–Kier alpha value is -2.49. The zero-order chi connectivity index (χ0) is 25.8. The molecule has 4 heterocycles. The smallest absolute Gasteiger partial charge is 0.256 e. The third-order valence-electron chi connectivity index (χ3n) is 6.74. The minimum atomic E-state index is -0.0921. The van der Waals surface area contributed by atoms with Crippen LogP contribution in [0.1, 0.15) is 60.8 Å². The van der Waals surface area contributed by atoms with E-state index in [0.717, 1.165) is 60.8 Å². The van der Waals surface area contributed by atoms with E-state index in [4.69, 9.17) is 21.7 Å². The van der Waals surface area contributed by atoms with E-state index in [2.05, 4.69) is 21.9 Å². The first-order valence-corrected chi connectivity index (χ1v) is 14.3. The van der Waals surface area contributed by atoms with Crippen LogP contribution in [0.4, 0.5) is 11.5 Å². The van der Waals surface area contributed by atoms with Crippen molar-refractivity contribution in [1.29, 1.82) is 0 Å². The van der Waals surface area contributed by atoms with Gasteiger partial charge in [-0.25, -0.2) is 9.50 Å². The number of likely N-dealkylation sites (tertiary alicyclic amines) is 1. The van der Waals surface area contributed by atoms with Gasteiger partial charge in [0.05, 0.1) is 23.0 Å². The Morgan fingerprint density at radius 3 is 2.69 bits per heavy atom. The van der Waals surface area contributed by atoms with Crippen molar-refractivity contribution in [3.8, 4) is 0 Å². The average Bonchev–Trinajstić information content (AvgIpc) is 3.28. The first kappa shape index (κ1) is 26.6. The number of amides is 1. The summed E-state index contributed by atoms with van der Waals surface area (Å²) in [7, 11) is 2.00. The van der Waals surface area contributed by atoms with Crippen LogP contribution in [0.25, 0.3) is 5.65 Å². The van der Waals surface area contributed by atoms with Crippen LogP contribution in [0.5, 0.6) is 0 Å². The summed E-state index contributed by atoms with van der Waals surface area (Å²) in [6, 6.07) is 7.86. The van der Waals surface area contributed by atoms with Gasteiger partial charge in [0.15, 0.2) is 5.65 Å². The summed E-state index contributed by atoms with van der Waals surface area (Å²) in [6.45, 7) is 8.68. The van der Waals surface area contributed by atoms with Gasteiger partial charge in [0, 0.05) is 54.8 Å². The maximum atomic E-state index is 13.7. The highest BCUT2D eigenvalue weighted by Crippen LogP contribution is 2.34. The molecule has 0 bridgehead atoms.